The molecule has 1 aromatic carbocycles. The van der Waals surface area contributed by atoms with Gasteiger partial charge in [0.2, 0.25) is 0 Å². The predicted octanol–water partition coefficient (Wildman–Crippen LogP) is 1.92. The fourth-order valence-electron chi connectivity index (χ4n) is 2.35. The quantitative estimate of drug-likeness (QED) is 0.885. The van der Waals surface area contributed by atoms with Crippen LogP contribution in [-0.2, 0) is 4.74 Å². The number of aromatic carboxylic acids is 1. The molecule has 1 atom stereocenters. The number of aromatic nitrogens is 2. The molecule has 2 aromatic rings. The van der Waals surface area contributed by atoms with Gasteiger partial charge in [0, 0.05) is 18.5 Å². The second kappa shape index (κ2) is 5.42. The van der Waals surface area contributed by atoms with Gasteiger partial charge in [0.15, 0.2) is 0 Å². The Morgan fingerprint density at radius 1 is 1.45 bits per heavy atom. The number of nitrogens with zero attached hydrogens (tertiary/aromatic N) is 2. The number of anilines is 1. The summed E-state index contributed by atoms with van der Waals surface area (Å²) in [7, 11) is 0. The Labute approximate surface area is 115 Å². The summed E-state index contributed by atoms with van der Waals surface area (Å²) in [6.07, 6.45) is 3.81. The van der Waals surface area contributed by atoms with Crippen LogP contribution in [0, 0.1) is 0 Å². The van der Waals surface area contributed by atoms with E-state index in [0.29, 0.717) is 17.9 Å². The molecule has 2 N–H and O–H groups in total. The van der Waals surface area contributed by atoms with E-state index in [9.17, 15) is 4.79 Å². The van der Waals surface area contributed by atoms with E-state index in [1.54, 1.807) is 18.2 Å². The van der Waals surface area contributed by atoms with Crippen molar-refractivity contribution in [1.29, 1.82) is 0 Å². The number of carboxylic acids is 1. The molecule has 0 radical (unpaired) electrons. The van der Waals surface area contributed by atoms with E-state index < -0.39 is 5.97 Å². The maximum atomic E-state index is 11.0. The fourth-order valence-corrected chi connectivity index (χ4v) is 2.35. The summed E-state index contributed by atoms with van der Waals surface area (Å²) in [6, 6.07) is 4.85. The highest BCUT2D eigenvalue weighted by molar-refractivity contribution is 5.96. The Morgan fingerprint density at radius 2 is 2.35 bits per heavy atom. The van der Waals surface area contributed by atoms with Crippen LogP contribution < -0.4 is 5.32 Å². The predicted molar refractivity (Wildman–Crippen MR) is 74.0 cm³/mol. The van der Waals surface area contributed by atoms with Crippen molar-refractivity contribution < 1.29 is 14.6 Å². The highest BCUT2D eigenvalue weighted by Gasteiger charge is 2.16. The molecule has 2 heterocycles. The zero-order chi connectivity index (χ0) is 13.9. The lowest BCUT2D eigenvalue weighted by atomic mass is 10.1. The Kier molecular flexibility index (Phi) is 3.47. The van der Waals surface area contributed by atoms with Gasteiger partial charge < -0.3 is 15.2 Å². The molecule has 1 fully saturated rings. The van der Waals surface area contributed by atoms with Gasteiger partial charge in [-0.2, -0.15) is 0 Å². The highest BCUT2D eigenvalue weighted by atomic mass is 16.5. The van der Waals surface area contributed by atoms with Crippen LogP contribution in [0.2, 0.25) is 0 Å². The average molecular weight is 273 g/mol. The molecule has 1 aliphatic rings. The van der Waals surface area contributed by atoms with Crippen molar-refractivity contribution in [3.05, 3.63) is 30.1 Å². The molecule has 0 amide bonds. The summed E-state index contributed by atoms with van der Waals surface area (Å²) in [4.78, 5) is 19.3. The lowest BCUT2D eigenvalue weighted by molar-refractivity contribution is 0.0697. The van der Waals surface area contributed by atoms with Crippen molar-refractivity contribution in [3.63, 3.8) is 0 Å². The second-order valence-corrected chi connectivity index (χ2v) is 4.78. The number of carbonyl (C=O) groups is 1. The van der Waals surface area contributed by atoms with Gasteiger partial charge in [-0.05, 0) is 31.0 Å². The van der Waals surface area contributed by atoms with Crippen molar-refractivity contribution in [1.82, 2.24) is 9.97 Å². The first-order valence-electron chi connectivity index (χ1n) is 6.57. The number of hydrogen-bond donors (Lipinski definition) is 2. The molecule has 1 saturated heterocycles. The van der Waals surface area contributed by atoms with Crippen molar-refractivity contribution in [2.45, 2.75) is 18.9 Å². The molecule has 0 aliphatic carbocycles. The summed E-state index contributed by atoms with van der Waals surface area (Å²) < 4.78 is 5.55. The third kappa shape index (κ3) is 2.55. The van der Waals surface area contributed by atoms with Crippen LogP contribution >= 0.6 is 0 Å². The lowest BCUT2D eigenvalue weighted by Crippen LogP contribution is -2.19. The van der Waals surface area contributed by atoms with Crippen LogP contribution in [0.3, 0.4) is 0 Å². The van der Waals surface area contributed by atoms with Crippen LogP contribution in [0.4, 0.5) is 5.82 Å². The van der Waals surface area contributed by atoms with E-state index in [4.69, 9.17) is 9.84 Å². The monoisotopic (exact) mass is 273 g/mol. The van der Waals surface area contributed by atoms with Gasteiger partial charge in [0.1, 0.15) is 12.1 Å². The van der Waals surface area contributed by atoms with E-state index in [1.807, 2.05) is 0 Å². The van der Waals surface area contributed by atoms with Crippen molar-refractivity contribution in [3.8, 4) is 0 Å². The summed E-state index contributed by atoms with van der Waals surface area (Å²) in [6.45, 7) is 1.52. The van der Waals surface area contributed by atoms with Crippen molar-refractivity contribution >= 4 is 22.7 Å². The zero-order valence-electron chi connectivity index (χ0n) is 10.9. The van der Waals surface area contributed by atoms with Crippen LogP contribution in [-0.4, -0.2) is 40.3 Å². The molecule has 0 unspecified atom stereocenters. The molecule has 104 valence electrons. The number of fused-ring (bicyclic) bond motifs is 1. The molecular formula is C14H15N3O3. The number of carboxylic acid groups (broad SMARTS) is 1. The number of benzene rings is 1. The normalized spacial score (nSPS) is 18.3. The van der Waals surface area contributed by atoms with E-state index in [2.05, 4.69) is 15.3 Å². The largest absolute Gasteiger partial charge is 0.478 e. The molecule has 6 nitrogen and oxygen atoms in total. The number of rotatable bonds is 4. The van der Waals surface area contributed by atoms with Crippen LogP contribution in [0.1, 0.15) is 23.2 Å². The third-order valence-corrected chi connectivity index (χ3v) is 3.40. The van der Waals surface area contributed by atoms with E-state index in [0.717, 1.165) is 24.8 Å². The second-order valence-electron chi connectivity index (χ2n) is 4.78. The minimum Gasteiger partial charge on any atom is -0.478 e. The number of nitrogens with one attached hydrogen (secondary N) is 1. The first-order valence-corrected chi connectivity index (χ1v) is 6.57. The molecule has 0 saturated carbocycles. The molecule has 0 spiro atoms. The molecule has 0 bridgehead atoms. The number of hydrogen-bond acceptors (Lipinski definition) is 5. The minimum absolute atomic E-state index is 0.221. The van der Waals surface area contributed by atoms with Gasteiger partial charge in [0.05, 0.1) is 17.2 Å². The molecule has 1 aliphatic heterocycles. The van der Waals surface area contributed by atoms with Crippen LogP contribution in [0.15, 0.2) is 24.5 Å². The Morgan fingerprint density at radius 3 is 3.10 bits per heavy atom. The first-order chi connectivity index (χ1) is 9.74. The summed E-state index contributed by atoms with van der Waals surface area (Å²) in [5.74, 6) is -0.248. The maximum Gasteiger partial charge on any atom is 0.335 e. The smallest absolute Gasteiger partial charge is 0.335 e. The van der Waals surface area contributed by atoms with E-state index in [-0.39, 0.29) is 11.7 Å². The van der Waals surface area contributed by atoms with E-state index >= 15 is 0 Å². The summed E-state index contributed by atoms with van der Waals surface area (Å²) >= 11 is 0. The highest BCUT2D eigenvalue weighted by Crippen LogP contribution is 2.21. The van der Waals surface area contributed by atoms with Gasteiger partial charge in [0.25, 0.3) is 0 Å². The Hall–Kier alpha value is -2.21. The van der Waals surface area contributed by atoms with Crippen LogP contribution in [0.25, 0.3) is 10.9 Å². The van der Waals surface area contributed by atoms with Gasteiger partial charge in [-0.1, -0.05) is 0 Å². The summed E-state index contributed by atoms with van der Waals surface area (Å²) in [5.41, 5.74) is 0.844. The Balaban J connectivity index is 1.85. The Bertz CT molecular complexity index is 639. The molecule has 1 aromatic heterocycles. The van der Waals surface area contributed by atoms with Gasteiger partial charge in [-0.25, -0.2) is 14.8 Å². The molecular weight excluding hydrogens is 258 g/mol. The van der Waals surface area contributed by atoms with E-state index in [1.165, 1.54) is 6.33 Å². The fraction of sp³-hybridized carbons (Fsp3) is 0.357. The van der Waals surface area contributed by atoms with Gasteiger partial charge >= 0.3 is 5.97 Å². The third-order valence-electron chi connectivity index (χ3n) is 3.40. The average Bonchev–Trinajstić information content (AvgIpc) is 2.97. The SMILES string of the molecule is O=C(O)c1ccc2c(NC[C@H]3CCCO3)ncnc2c1. The van der Waals surface area contributed by atoms with Crippen molar-refractivity contribution in [2.24, 2.45) is 0 Å². The molecule has 6 heteroatoms. The molecule has 3 rings (SSSR count). The van der Waals surface area contributed by atoms with Crippen LogP contribution in [0.5, 0.6) is 0 Å². The van der Waals surface area contributed by atoms with Gasteiger partial charge in [-0.3, -0.25) is 0 Å². The minimum atomic E-state index is -0.959. The number of ether oxygens (including phenoxy) is 1. The standard InChI is InChI=1S/C14H15N3O3/c18-14(19)9-3-4-11-12(6-9)16-8-17-13(11)15-7-10-2-1-5-20-10/h3-4,6,8,10H,1-2,5,7H2,(H,18,19)(H,15,16,17)/t10-/m1/s1. The zero-order valence-corrected chi connectivity index (χ0v) is 10.9. The first kappa shape index (κ1) is 12.8. The summed E-state index contributed by atoms with van der Waals surface area (Å²) in [5, 5.41) is 13.1. The topological polar surface area (TPSA) is 84.3 Å². The van der Waals surface area contributed by atoms with Crippen molar-refractivity contribution in [2.75, 3.05) is 18.5 Å². The van der Waals surface area contributed by atoms with Gasteiger partial charge in [-0.15, -0.1) is 0 Å². The maximum absolute atomic E-state index is 11.0. The molecule has 20 heavy (non-hydrogen) atoms. The lowest BCUT2D eigenvalue weighted by Gasteiger charge is -2.12.